The molecule has 5 rings (SSSR count). The van der Waals surface area contributed by atoms with E-state index >= 15 is 0 Å². The number of benzene rings is 2. The first-order valence-electron chi connectivity index (χ1n) is 16.0. The summed E-state index contributed by atoms with van der Waals surface area (Å²) in [4.78, 5) is 15.6. The number of carbonyl (C=O) groups excluding carboxylic acids is 1. The number of ether oxygens (including phenoxy) is 1. The number of hydrogen-bond donors (Lipinski definition) is 0. The second-order valence-corrected chi connectivity index (χ2v) is 18.3. The van der Waals surface area contributed by atoms with Gasteiger partial charge >= 0.3 is 13.7 Å². The van der Waals surface area contributed by atoms with Gasteiger partial charge in [-0.3, -0.25) is 0 Å². The van der Waals surface area contributed by atoms with E-state index in [4.69, 9.17) is 13.8 Å². The fourth-order valence-corrected chi connectivity index (χ4v) is 13.6. The molecule has 0 N–H and O–H groups in total. The average Bonchev–Trinajstić information content (AvgIpc) is 3.37. The lowest BCUT2D eigenvalue weighted by Crippen LogP contribution is -2.42. The van der Waals surface area contributed by atoms with Crippen molar-refractivity contribution in [1.29, 1.82) is 0 Å². The molecule has 1 aliphatic heterocycles. The average molecular weight is 614 g/mol. The molecule has 3 aliphatic rings. The van der Waals surface area contributed by atoms with E-state index in [0.29, 0.717) is 23.7 Å². The Morgan fingerprint density at radius 3 is 1.71 bits per heavy atom. The van der Waals surface area contributed by atoms with Crippen LogP contribution in [0.15, 0.2) is 60.7 Å². The van der Waals surface area contributed by atoms with Crippen molar-refractivity contribution in [3.63, 3.8) is 0 Å². The van der Waals surface area contributed by atoms with Gasteiger partial charge in [0.15, 0.2) is 0 Å². The minimum atomic E-state index is -3.70. The minimum absolute atomic E-state index is 0.130. The molecule has 1 amide bonds. The zero-order valence-corrected chi connectivity index (χ0v) is 27.4. The lowest BCUT2D eigenvalue weighted by atomic mass is 9.99. The van der Waals surface area contributed by atoms with Crippen molar-refractivity contribution in [3.8, 4) is 11.5 Å². The molecule has 1 saturated heterocycles. The van der Waals surface area contributed by atoms with Crippen LogP contribution in [0.25, 0.3) is 0 Å². The summed E-state index contributed by atoms with van der Waals surface area (Å²) in [6, 6.07) is 18.2. The van der Waals surface area contributed by atoms with Gasteiger partial charge in [0.25, 0.3) is 0 Å². The quantitative estimate of drug-likeness (QED) is 0.263. The number of rotatable bonds is 9. The molecule has 0 radical (unpaired) electrons. The summed E-state index contributed by atoms with van der Waals surface area (Å²) in [7, 11) is -3.97. The molecule has 0 spiro atoms. The number of amides is 1. The van der Waals surface area contributed by atoms with Crippen molar-refractivity contribution in [2.75, 3.05) is 12.7 Å². The van der Waals surface area contributed by atoms with Crippen molar-refractivity contribution in [2.45, 2.75) is 120 Å². The third-order valence-electron chi connectivity index (χ3n) is 8.84. The molecule has 3 fully saturated rings. The summed E-state index contributed by atoms with van der Waals surface area (Å²) >= 11 is 0. The third-order valence-corrected chi connectivity index (χ3v) is 14.6. The number of carbonyl (C=O) groups is 1. The lowest BCUT2D eigenvalue weighted by Gasteiger charge is -2.42. The molecule has 42 heavy (non-hydrogen) atoms. The van der Waals surface area contributed by atoms with Crippen molar-refractivity contribution < 1.29 is 23.1 Å². The summed E-state index contributed by atoms with van der Waals surface area (Å²) in [5, 5.41) is 0. The molecule has 8 heteroatoms. The molecule has 2 aromatic carbocycles. The van der Waals surface area contributed by atoms with Crippen LogP contribution in [0.1, 0.15) is 91.4 Å². The molecule has 0 unspecified atom stereocenters. The molecule has 2 saturated carbocycles. The van der Waals surface area contributed by atoms with Crippen LogP contribution in [0.5, 0.6) is 11.5 Å². The van der Waals surface area contributed by atoms with Gasteiger partial charge in [-0.2, -0.15) is 0 Å². The summed E-state index contributed by atoms with van der Waals surface area (Å²) in [6.45, 7) is 6.40. The smallest absolute Gasteiger partial charge is 0.432 e. The van der Waals surface area contributed by atoms with Crippen LogP contribution in [0.4, 0.5) is 4.79 Å². The summed E-state index contributed by atoms with van der Waals surface area (Å²) in [5.41, 5.74) is 1.36. The predicted octanol–water partition coefficient (Wildman–Crippen LogP) is 9.86. The van der Waals surface area contributed by atoms with Gasteiger partial charge < -0.3 is 18.7 Å². The maximum Gasteiger partial charge on any atom is 0.432 e. The predicted molar refractivity (Wildman–Crippen MR) is 172 cm³/mol. The number of hydrogen-bond acceptors (Lipinski definition) is 5. The van der Waals surface area contributed by atoms with Gasteiger partial charge in [-0.05, 0) is 94.1 Å². The Labute approximate surface area is 254 Å². The fraction of sp³-hybridized carbons (Fsp3) is 0.618. The Kier molecular flexibility index (Phi) is 10.6. The van der Waals surface area contributed by atoms with Gasteiger partial charge in [-0.1, -0.05) is 82.8 Å². The second kappa shape index (κ2) is 14.2. The summed E-state index contributed by atoms with van der Waals surface area (Å²) in [5.74, 6) is 1.00. The van der Waals surface area contributed by atoms with Crippen LogP contribution in [0, 0.1) is 0 Å². The minimum Gasteiger partial charge on any atom is -0.444 e. The highest BCUT2D eigenvalue weighted by molar-refractivity contribution is 7.60. The van der Waals surface area contributed by atoms with E-state index in [1.807, 2.05) is 62.1 Å². The van der Waals surface area contributed by atoms with Crippen molar-refractivity contribution in [2.24, 2.45) is 0 Å². The number of nitrogens with zero attached hydrogens (tertiary/aromatic N) is 1. The first kappa shape index (κ1) is 31.4. The molecule has 2 aliphatic carbocycles. The zero-order valence-electron chi connectivity index (χ0n) is 25.7. The maximum absolute atomic E-state index is 14.6. The number of para-hydroxylation sites is 2. The highest BCUT2D eigenvalue weighted by atomic mass is 31.2. The molecule has 2 aromatic rings. The van der Waals surface area contributed by atoms with E-state index in [9.17, 15) is 9.36 Å². The van der Waals surface area contributed by atoms with Crippen LogP contribution in [-0.2, 0) is 9.30 Å². The maximum atomic E-state index is 14.6. The Balaban J connectivity index is 1.44. The van der Waals surface area contributed by atoms with E-state index in [0.717, 1.165) is 17.7 Å². The Morgan fingerprint density at radius 2 is 1.26 bits per heavy atom. The van der Waals surface area contributed by atoms with Gasteiger partial charge in [-0.15, -0.1) is 0 Å². The van der Waals surface area contributed by atoms with Crippen LogP contribution >= 0.6 is 15.5 Å². The van der Waals surface area contributed by atoms with Crippen molar-refractivity contribution in [3.05, 3.63) is 60.7 Å². The highest BCUT2D eigenvalue weighted by Crippen LogP contribution is 2.62. The Morgan fingerprint density at radius 1 is 0.786 bits per heavy atom. The SMILES string of the molecule is CC(C)(C)OC(=O)N1C[C@@H](P(C2CCCCC2)C2CCCCC2)C[C@H]1CP(=O)(Oc1ccccc1)Oc1ccccc1. The van der Waals surface area contributed by atoms with Crippen molar-refractivity contribution in [1.82, 2.24) is 4.90 Å². The van der Waals surface area contributed by atoms with E-state index in [1.165, 1.54) is 64.2 Å². The van der Waals surface area contributed by atoms with Gasteiger partial charge in [0.2, 0.25) is 0 Å². The van der Waals surface area contributed by atoms with Gasteiger partial charge in [0, 0.05) is 12.6 Å². The zero-order chi connectivity index (χ0) is 29.6. The van der Waals surface area contributed by atoms with E-state index in [2.05, 4.69) is 0 Å². The summed E-state index contributed by atoms with van der Waals surface area (Å²) < 4.78 is 32.9. The second-order valence-electron chi connectivity index (χ2n) is 13.3. The van der Waals surface area contributed by atoms with E-state index in [1.54, 1.807) is 24.3 Å². The third kappa shape index (κ3) is 8.54. The summed E-state index contributed by atoms with van der Waals surface area (Å²) in [6.07, 6.45) is 13.9. The lowest BCUT2D eigenvalue weighted by molar-refractivity contribution is 0.0239. The molecule has 0 bridgehead atoms. The topological polar surface area (TPSA) is 65.1 Å². The fourth-order valence-electron chi connectivity index (χ4n) is 7.11. The first-order chi connectivity index (χ1) is 20.2. The molecular formula is C34H49NO5P2. The molecular weight excluding hydrogens is 564 g/mol. The van der Waals surface area contributed by atoms with Gasteiger partial charge in [0.1, 0.15) is 17.1 Å². The Hall–Kier alpha value is -2.03. The molecule has 1 heterocycles. The van der Waals surface area contributed by atoms with Gasteiger partial charge in [0.05, 0.1) is 6.16 Å². The van der Waals surface area contributed by atoms with Gasteiger partial charge in [-0.25, -0.2) is 9.36 Å². The standard InChI is InChI=1S/C34H49NO5P2/c1-34(2,3)38-33(36)35-25-32(41(30-20-12-6-13-21-30)31-22-14-7-15-23-31)24-27(35)26-42(37,39-28-16-8-4-9-17-28)40-29-18-10-5-11-19-29/h4-5,8-11,16-19,27,30-32H,6-7,12-15,20-26H2,1-3H3/t27-,32-/m0/s1. The van der Waals surface area contributed by atoms with Crippen LogP contribution in [0.3, 0.4) is 0 Å². The van der Waals surface area contributed by atoms with Crippen LogP contribution in [0.2, 0.25) is 0 Å². The van der Waals surface area contributed by atoms with E-state index < -0.39 is 13.2 Å². The monoisotopic (exact) mass is 613 g/mol. The molecule has 230 valence electrons. The normalized spacial score (nSPS) is 22.7. The van der Waals surface area contributed by atoms with E-state index in [-0.39, 0.29) is 26.2 Å². The molecule has 6 nitrogen and oxygen atoms in total. The largest absolute Gasteiger partial charge is 0.444 e. The Bertz CT molecular complexity index is 1110. The number of likely N-dealkylation sites (tertiary alicyclic amines) is 1. The van der Waals surface area contributed by atoms with Crippen LogP contribution in [-0.4, -0.2) is 52.3 Å². The highest BCUT2D eigenvalue weighted by Gasteiger charge is 2.48. The first-order valence-corrected chi connectivity index (χ1v) is 19.3. The van der Waals surface area contributed by atoms with Crippen LogP contribution < -0.4 is 9.05 Å². The van der Waals surface area contributed by atoms with Crippen molar-refractivity contribution >= 4 is 21.6 Å². The molecule has 0 aromatic heterocycles. The molecule has 2 atom stereocenters.